The van der Waals surface area contributed by atoms with Crippen molar-refractivity contribution in [1.29, 1.82) is 0 Å². The Hall–Kier alpha value is -3.29. The van der Waals surface area contributed by atoms with E-state index in [0.717, 1.165) is 24.0 Å². The Morgan fingerprint density at radius 1 is 1.20 bits per heavy atom. The van der Waals surface area contributed by atoms with E-state index in [0.29, 0.717) is 34.8 Å². The molecule has 0 saturated heterocycles. The number of benzene rings is 1. The lowest BCUT2D eigenvalue weighted by molar-refractivity contribution is -0.118. The van der Waals surface area contributed by atoms with E-state index in [4.69, 9.17) is 9.15 Å². The van der Waals surface area contributed by atoms with Crippen LogP contribution in [0.5, 0.6) is 5.75 Å². The van der Waals surface area contributed by atoms with Gasteiger partial charge in [-0.25, -0.2) is 4.98 Å². The van der Waals surface area contributed by atoms with Crippen LogP contribution in [0.4, 0.5) is 23.1 Å². The second-order valence-corrected chi connectivity index (χ2v) is 6.12. The van der Waals surface area contributed by atoms with Crippen LogP contribution in [0.2, 0.25) is 0 Å². The van der Waals surface area contributed by atoms with Crippen molar-refractivity contribution in [3.05, 3.63) is 30.5 Å². The first-order chi connectivity index (χ1) is 12.2. The fourth-order valence-corrected chi connectivity index (χ4v) is 2.73. The van der Waals surface area contributed by atoms with Gasteiger partial charge in [-0.3, -0.25) is 4.79 Å². The van der Waals surface area contributed by atoms with Crippen LogP contribution in [0.3, 0.4) is 0 Å². The summed E-state index contributed by atoms with van der Waals surface area (Å²) < 4.78 is 10.9. The summed E-state index contributed by atoms with van der Waals surface area (Å²) >= 11 is 0. The van der Waals surface area contributed by atoms with Crippen molar-refractivity contribution in [2.45, 2.75) is 18.9 Å². The van der Waals surface area contributed by atoms with E-state index in [-0.39, 0.29) is 12.5 Å². The van der Waals surface area contributed by atoms with Crippen LogP contribution in [0.25, 0.3) is 11.1 Å². The minimum atomic E-state index is -0.170. The predicted octanol–water partition coefficient (Wildman–Crippen LogP) is 2.87. The second-order valence-electron chi connectivity index (χ2n) is 6.12. The third kappa shape index (κ3) is 2.71. The van der Waals surface area contributed by atoms with Crippen LogP contribution in [0.15, 0.2) is 34.9 Å². The summed E-state index contributed by atoms with van der Waals surface area (Å²) in [5, 5.41) is 9.32. The minimum absolute atomic E-state index is 0.0379. The van der Waals surface area contributed by atoms with Gasteiger partial charge in [0, 0.05) is 17.8 Å². The van der Waals surface area contributed by atoms with E-state index in [9.17, 15) is 4.79 Å². The molecule has 0 bridgehead atoms. The number of hydrogen-bond acceptors (Lipinski definition) is 7. The molecule has 1 saturated carbocycles. The van der Waals surface area contributed by atoms with Crippen LogP contribution in [-0.4, -0.2) is 28.5 Å². The van der Waals surface area contributed by atoms with Gasteiger partial charge in [-0.2, -0.15) is 4.98 Å². The number of furan rings is 1. The summed E-state index contributed by atoms with van der Waals surface area (Å²) in [4.78, 5) is 20.5. The molecule has 0 spiro atoms. The zero-order chi connectivity index (χ0) is 16.8. The van der Waals surface area contributed by atoms with E-state index in [2.05, 4.69) is 25.9 Å². The first-order valence-electron chi connectivity index (χ1n) is 8.10. The molecular weight excluding hydrogens is 322 g/mol. The number of amides is 1. The van der Waals surface area contributed by atoms with E-state index >= 15 is 0 Å². The van der Waals surface area contributed by atoms with E-state index < -0.39 is 0 Å². The zero-order valence-corrected chi connectivity index (χ0v) is 13.2. The molecule has 8 nitrogen and oxygen atoms in total. The molecule has 1 aliphatic heterocycles. The summed E-state index contributed by atoms with van der Waals surface area (Å²) in [6.45, 7) is 0.0379. The van der Waals surface area contributed by atoms with Crippen molar-refractivity contribution in [2.24, 2.45) is 0 Å². The second kappa shape index (κ2) is 5.37. The predicted molar refractivity (Wildman–Crippen MR) is 92.3 cm³/mol. The van der Waals surface area contributed by atoms with Crippen LogP contribution in [0.1, 0.15) is 12.8 Å². The van der Waals surface area contributed by atoms with E-state index in [1.165, 1.54) is 0 Å². The van der Waals surface area contributed by atoms with Gasteiger partial charge in [0.2, 0.25) is 5.95 Å². The van der Waals surface area contributed by atoms with Gasteiger partial charge >= 0.3 is 0 Å². The lowest BCUT2D eigenvalue weighted by Crippen LogP contribution is -2.25. The Balaban J connectivity index is 1.47. The molecule has 5 rings (SSSR count). The molecule has 0 atom stereocenters. The fraction of sp³-hybridized carbons (Fsp3) is 0.235. The normalized spacial score (nSPS) is 16.1. The van der Waals surface area contributed by atoms with Gasteiger partial charge in [0.05, 0.1) is 12.0 Å². The fourth-order valence-electron chi connectivity index (χ4n) is 2.73. The van der Waals surface area contributed by atoms with Crippen molar-refractivity contribution in [3.8, 4) is 5.75 Å². The number of nitrogens with zero attached hydrogens (tertiary/aromatic N) is 2. The summed E-state index contributed by atoms with van der Waals surface area (Å²) in [7, 11) is 0. The molecule has 126 valence electrons. The number of ether oxygens (including phenoxy) is 1. The number of fused-ring (bicyclic) bond motifs is 2. The number of carbonyl (C=O) groups excluding carboxylic acids is 1. The average molecular weight is 337 g/mol. The Morgan fingerprint density at radius 3 is 3.00 bits per heavy atom. The summed E-state index contributed by atoms with van der Waals surface area (Å²) in [6.07, 6.45) is 3.88. The molecular formula is C17H15N5O3. The lowest BCUT2D eigenvalue weighted by atomic mass is 10.2. The molecule has 8 heteroatoms. The van der Waals surface area contributed by atoms with E-state index in [1.54, 1.807) is 24.5 Å². The molecule has 2 aliphatic rings. The summed E-state index contributed by atoms with van der Waals surface area (Å²) in [5.74, 6) is 1.62. The Kier molecular flexibility index (Phi) is 3.03. The number of hydrogen-bond donors (Lipinski definition) is 3. The molecule has 1 amide bonds. The highest BCUT2D eigenvalue weighted by molar-refractivity contribution is 5.96. The highest BCUT2D eigenvalue weighted by atomic mass is 16.5. The van der Waals surface area contributed by atoms with Crippen LogP contribution < -0.4 is 20.7 Å². The number of nitrogens with one attached hydrogen (secondary N) is 3. The van der Waals surface area contributed by atoms with Crippen molar-refractivity contribution in [1.82, 2.24) is 9.97 Å². The summed E-state index contributed by atoms with van der Waals surface area (Å²) in [5.41, 5.74) is 2.77. The summed E-state index contributed by atoms with van der Waals surface area (Å²) in [6, 6.07) is 7.71. The van der Waals surface area contributed by atoms with Crippen molar-refractivity contribution in [3.63, 3.8) is 0 Å². The molecule has 3 aromatic rings. The largest absolute Gasteiger partial charge is 0.482 e. The molecule has 1 aliphatic carbocycles. The molecule has 1 aromatic carbocycles. The monoisotopic (exact) mass is 337 g/mol. The Labute approximate surface area is 142 Å². The van der Waals surface area contributed by atoms with Gasteiger partial charge < -0.3 is 25.1 Å². The van der Waals surface area contributed by atoms with Gasteiger partial charge in [0.1, 0.15) is 11.3 Å². The van der Waals surface area contributed by atoms with Crippen LogP contribution in [0, 0.1) is 0 Å². The van der Waals surface area contributed by atoms with Crippen molar-refractivity contribution >= 4 is 40.1 Å². The Morgan fingerprint density at radius 2 is 2.12 bits per heavy atom. The molecule has 25 heavy (non-hydrogen) atoms. The maximum atomic E-state index is 11.5. The maximum absolute atomic E-state index is 11.5. The topological polar surface area (TPSA) is 101 Å². The molecule has 2 aromatic heterocycles. The van der Waals surface area contributed by atoms with Gasteiger partial charge in [-0.15, -0.1) is 0 Å². The third-order valence-electron chi connectivity index (χ3n) is 4.09. The molecule has 0 radical (unpaired) electrons. The molecule has 3 heterocycles. The molecule has 3 N–H and O–H groups in total. The number of rotatable bonds is 4. The van der Waals surface area contributed by atoms with Crippen LogP contribution in [-0.2, 0) is 4.79 Å². The van der Waals surface area contributed by atoms with Gasteiger partial charge in [-0.05, 0) is 31.0 Å². The van der Waals surface area contributed by atoms with Crippen molar-refractivity contribution in [2.75, 3.05) is 22.6 Å². The standard InChI is InChI=1S/C17H15N5O3/c23-14-8-25-13-4-3-10(7-12(13)20-14)19-17-21-11-5-6-24-15(11)16(22-17)18-9-1-2-9/h3-7,9H,1-2,8H2,(H,20,23)(H2,18,19,21,22). The smallest absolute Gasteiger partial charge is 0.262 e. The zero-order valence-electron chi connectivity index (χ0n) is 13.2. The number of carbonyl (C=O) groups is 1. The number of aromatic nitrogens is 2. The Bertz CT molecular complexity index is 980. The van der Waals surface area contributed by atoms with Crippen LogP contribution >= 0.6 is 0 Å². The quantitative estimate of drug-likeness (QED) is 0.673. The van der Waals surface area contributed by atoms with Gasteiger partial charge in [-0.1, -0.05) is 0 Å². The minimum Gasteiger partial charge on any atom is -0.482 e. The lowest BCUT2D eigenvalue weighted by Gasteiger charge is -2.18. The first kappa shape index (κ1) is 14.1. The van der Waals surface area contributed by atoms with Crippen molar-refractivity contribution < 1.29 is 13.9 Å². The van der Waals surface area contributed by atoms with E-state index in [1.807, 2.05) is 6.07 Å². The third-order valence-corrected chi connectivity index (χ3v) is 4.09. The average Bonchev–Trinajstić information content (AvgIpc) is 3.28. The highest BCUT2D eigenvalue weighted by Crippen LogP contribution is 2.33. The van der Waals surface area contributed by atoms with Gasteiger partial charge in [0.15, 0.2) is 18.0 Å². The maximum Gasteiger partial charge on any atom is 0.262 e. The SMILES string of the molecule is O=C1COc2ccc(Nc3nc(NC4CC4)c4occc4n3)cc2N1. The first-order valence-corrected chi connectivity index (χ1v) is 8.10. The molecule has 1 fully saturated rings. The number of anilines is 4. The molecule has 0 unspecified atom stereocenters. The van der Waals surface area contributed by atoms with Gasteiger partial charge in [0.25, 0.3) is 5.91 Å². The highest BCUT2D eigenvalue weighted by Gasteiger charge is 2.24.